The summed E-state index contributed by atoms with van der Waals surface area (Å²) in [7, 11) is -4.67. The number of aromatic carboxylic acids is 1. The molecule has 1 atom stereocenters. The van der Waals surface area contributed by atoms with Gasteiger partial charge in [-0.1, -0.05) is 11.8 Å². The molecule has 0 aliphatic carbocycles. The van der Waals surface area contributed by atoms with Gasteiger partial charge in [0, 0.05) is 31.6 Å². The summed E-state index contributed by atoms with van der Waals surface area (Å²) in [4.78, 5) is 25.9. The lowest BCUT2D eigenvalue weighted by molar-refractivity contribution is 0.0689. The molecule has 4 N–H and O–H groups in total. The second kappa shape index (κ2) is 7.91. The number of hydrogen-bond acceptors (Lipinski definition) is 7. The molecule has 0 spiro atoms. The Hall–Kier alpha value is -2.19. The molecule has 3 heterocycles. The van der Waals surface area contributed by atoms with Crippen molar-refractivity contribution in [3.05, 3.63) is 33.7 Å². The molecule has 4 rings (SSSR count). The average molecular weight is 447 g/mol. The Kier molecular flexibility index (Phi) is 5.87. The second-order valence-corrected chi connectivity index (χ2v) is 8.61. The summed E-state index contributed by atoms with van der Waals surface area (Å²) in [5.41, 5.74) is 0.181. The molecule has 158 valence electrons. The Morgan fingerprint density at radius 1 is 1.28 bits per heavy atom. The van der Waals surface area contributed by atoms with Crippen molar-refractivity contribution in [3.8, 4) is 0 Å². The topological polar surface area (TPSA) is 149 Å². The summed E-state index contributed by atoms with van der Waals surface area (Å²) in [6.45, 7) is 4.87. The highest BCUT2D eigenvalue weighted by Gasteiger charge is 2.33. The predicted octanol–water partition coefficient (Wildman–Crippen LogP) is 1.22. The van der Waals surface area contributed by atoms with Crippen LogP contribution in [-0.4, -0.2) is 59.3 Å². The molecule has 1 fully saturated rings. The number of carboxylic acid groups (broad SMARTS) is 1. The third-order valence-electron chi connectivity index (χ3n) is 4.55. The minimum atomic E-state index is -4.67. The molecule has 2 aliphatic rings. The van der Waals surface area contributed by atoms with Crippen molar-refractivity contribution < 1.29 is 31.8 Å². The fourth-order valence-corrected chi connectivity index (χ4v) is 4.53. The van der Waals surface area contributed by atoms with Gasteiger partial charge in [-0.05, 0) is 19.1 Å². The van der Waals surface area contributed by atoms with Gasteiger partial charge < -0.3 is 19.9 Å². The molecule has 0 bridgehead atoms. The van der Waals surface area contributed by atoms with Crippen molar-refractivity contribution in [2.45, 2.75) is 17.3 Å². The van der Waals surface area contributed by atoms with Crippen LogP contribution in [0, 0.1) is 5.82 Å². The van der Waals surface area contributed by atoms with E-state index in [-0.39, 0.29) is 16.3 Å². The normalized spacial score (nSPS) is 18.5. The van der Waals surface area contributed by atoms with Crippen LogP contribution < -0.4 is 15.6 Å². The molecule has 2 aliphatic heterocycles. The summed E-state index contributed by atoms with van der Waals surface area (Å²) in [5.74, 6) is -1.75. The molecule has 13 heteroatoms. The van der Waals surface area contributed by atoms with E-state index in [4.69, 9.17) is 17.5 Å². The van der Waals surface area contributed by atoms with Crippen LogP contribution in [0.1, 0.15) is 22.7 Å². The summed E-state index contributed by atoms with van der Waals surface area (Å²) in [6.07, 6.45) is 0. The van der Waals surface area contributed by atoms with Crippen molar-refractivity contribution in [2.24, 2.45) is 0 Å². The molecular formula is C16H18FN3O7S2. The van der Waals surface area contributed by atoms with Gasteiger partial charge in [-0.15, -0.1) is 0 Å². The second-order valence-electron chi connectivity index (χ2n) is 6.41. The Morgan fingerprint density at radius 2 is 1.86 bits per heavy atom. The zero-order valence-electron chi connectivity index (χ0n) is 15.1. The predicted molar refractivity (Wildman–Crippen MR) is 105 cm³/mol. The fraction of sp³-hybridized carbons (Fsp3) is 0.375. The number of carbonyl (C=O) groups is 1. The smallest absolute Gasteiger partial charge is 0.394 e. The first-order chi connectivity index (χ1) is 13.5. The number of rotatable bonds is 2. The number of benzene rings is 1. The summed E-state index contributed by atoms with van der Waals surface area (Å²) in [6, 6.07) is 2.87. The first kappa shape index (κ1) is 21.5. The molecule has 0 radical (unpaired) electrons. The highest BCUT2D eigenvalue weighted by atomic mass is 32.3. The molecule has 1 aromatic carbocycles. The van der Waals surface area contributed by atoms with E-state index in [0.717, 1.165) is 13.1 Å². The largest absolute Gasteiger partial charge is 0.477 e. The van der Waals surface area contributed by atoms with Crippen LogP contribution in [-0.2, 0) is 10.4 Å². The Balaban J connectivity index is 0.000000431. The van der Waals surface area contributed by atoms with Crippen LogP contribution in [0.3, 0.4) is 0 Å². The Morgan fingerprint density at radius 3 is 2.38 bits per heavy atom. The minimum absolute atomic E-state index is 0.0162. The lowest BCUT2D eigenvalue weighted by atomic mass is 10.1. The van der Waals surface area contributed by atoms with Gasteiger partial charge in [0.2, 0.25) is 5.43 Å². The van der Waals surface area contributed by atoms with Gasteiger partial charge in [0.15, 0.2) is 0 Å². The van der Waals surface area contributed by atoms with Gasteiger partial charge >= 0.3 is 16.4 Å². The number of anilines is 1. The SMILES string of the molecule is C[C@@H]1Sc2c(C(=O)O)c(=O)c3cc(F)c(N4CCNCC4)cc3n21.O=S(=O)(O)O. The lowest BCUT2D eigenvalue weighted by Gasteiger charge is -2.34. The Bertz CT molecular complexity index is 1140. The van der Waals surface area contributed by atoms with E-state index in [1.54, 1.807) is 6.07 Å². The van der Waals surface area contributed by atoms with Crippen LogP contribution in [0.25, 0.3) is 10.9 Å². The van der Waals surface area contributed by atoms with E-state index < -0.39 is 27.6 Å². The van der Waals surface area contributed by atoms with Gasteiger partial charge in [0.1, 0.15) is 11.4 Å². The molecular weight excluding hydrogens is 429 g/mol. The highest BCUT2D eigenvalue weighted by molar-refractivity contribution is 8.00. The Labute approximate surface area is 168 Å². The fourth-order valence-electron chi connectivity index (χ4n) is 3.37. The van der Waals surface area contributed by atoms with Gasteiger partial charge in [0.05, 0.1) is 21.6 Å². The third kappa shape index (κ3) is 4.38. The van der Waals surface area contributed by atoms with Crippen LogP contribution >= 0.6 is 11.8 Å². The van der Waals surface area contributed by atoms with E-state index in [0.29, 0.717) is 29.3 Å². The van der Waals surface area contributed by atoms with Crippen molar-refractivity contribution in [3.63, 3.8) is 0 Å². The van der Waals surface area contributed by atoms with Gasteiger partial charge in [-0.25, -0.2) is 9.18 Å². The first-order valence-corrected chi connectivity index (χ1v) is 10.7. The maximum atomic E-state index is 14.6. The number of pyridine rings is 1. The van der Waals surface area contributed by atoms with Crippen molar-refractivity contribution in [1.29, 1.82) is 0 Å². The molecule has 1 saturated heterocycles. The number of fused-ring (bicyclic) bond motifs is 3. The molecule has 1 aromatic heterocycles. The molecule has 29 heavy (non-hydrogen) atoms. The third-order valence-corrected chi connectivity index (χ3v) is 5.72. The van der Waals surface area contributed by atoms with Crippen LogP contribution in [0.15, 0.2) is 22.0 Å². The summed E-state index contributed by atoms with van der Waals surface area (Å²) >= 11 is 1.35. The highest BCUT2D eigenvalue weighted by Crippen LogP contribution is 2.46. The number of hydrogen-bond donors (Lipinski definition) is 4. The van der Waals surface area contributed by atoms with Crippen LogP contribution in [0.2, 0.25) is 0 Å². The number of carboxylic acids is 1. The number of nitrogens with zero attached hydrogens (tertiary/aromatic N) is 2. The number of aromatic nitrogens is 1. The zero-order chi connectivity index (χ0) is 21.5. The summed E-state index contributed by atoms with van der Waals surface area (Å²) in [5, 5.41) is 13.2. The van der Waals surface area contributed by atoms with E-state index in [1.807, 2.05) is 16.4 Å². The van der Waals surface area contributed by atoms with Crippen LogP contribution in [0.5, 0.6) is 0 Å². The minimum Gasteiger partial charge on any atom is -0.477 e. The van der Waals surface area contributed by atoms with E-state index in [9.17, 15) is 19.1 Å². The lowest BCUT2D eigenvalue weighted by Crippen LogP contribution is -2.44. The number of thioether (sulfide) groups is 1. The monoisotopic (exact) mass is 447 g/mol. The molecule has 10 nitrogen and oxygen atoms in total. The quantitative estimate of drug-likeness (QED) is 0.495. The number of halogens is 1. The van der Waals surface area contributed by atoms with Gasteiger partial charge in [0.25, 0.3) is 0 Å². The van der Waals surface area contributed by atoms with E-state index >= 15 is 0 Å². The van der Waals surface area contributed by atoms with E-state index in [2.05, 4.69) is 5.32 Å². The molecule has 0 unspecified atom stereocenters. The number of nitrogens with one attached hydrogen (secondary N) is 1. The maximum absolute atomic E-state index is 14.6. The maximum Gasteiger partial charge on any atom is 0.394 e. The van der Waals surface area contributed by atoms with Gasteiger partial charge in [-0.3, -0.25) is 13.9 Å². The average Bonchev–Trinajstić information content (AvgIpc) is 2.60. The molecule has 0 saturated carbocycles. The van der Waals surface area contributed by atoms with E-state index in [1.165, 1.54) is 17.8 Å². The molecule has 2 aromatic rings. The van der Waals surface area contributed by atoms with Crippen molar-refractivity contribution in [2.75, 3.05) is 31.1 Å². The van der Waals surface area contributed by atoms with Crippen LogP contribution in [0.4, 0.5) is 10.1 Å². The summed E-state index contributed by atoms with van der Waals surface area (Å²) < 4.78 is 48.0. The zero-order valence-corrected chi connectivity index (χ0v) is 16.8. The standard InChI is InChI=1S/C16H16FN3O3S.H2O4S/c1-8-20-11-7-12(19-4-2-18-3-5-19)10(17)6-9(11)14(21)13(16(22)23)15(20)24-8;1-5(2,3)4/h6-8,18H,2-5H2,1H3,(H,22,23);(H2,1,2,3,4)/t8-;/m0./s1. The molecule has 0 amide bonds. The van der Waals surface area contributed by atoms with Crippen molar-refractivity contribution >= 4 is 44.7 Å². The first-order valence-electron chi connectivity index (χ1n) is 8.46. The number of piperazine rings is 1. The van der Waals surface area contributed by atoms with Gasteiger partial charge in [-0.2, -0.15) is 8.42 Å². The van der Waals surface area contributed by atoms with Crippen molar-refractivity contribution in [1.82, 2.24) is 9.88 Å².